The molecule has 0 amide bonds. The Balaban J connectivity index is 2.12. The van der Waals surface area contributed by atoms with Crippen LogP contribution in [0.3, 0.4) is 0 Å². The highest BCUT2D eigenvalue weighted by Crippen LogP contribution is 2.28. The SMILES string of the molecule is N#Cc1ccnc(NC2CC(O)C2)c1Cl. The van der Waals surface area contributed by atoms with Gasteiger partial charge in [0.15, 0.2) is 0 Å². The minimum atomic E-state index is -0.222. The van der Waals surface area contributed by atoms with E-state index in [9.17, 15) is 0 Å². The second kappa shape index (κ2) is 4.05. The molecule has 0 aromatic carbocycles. The lowest BCUT2D eigenvalue weighted by Crippen LogP contribution is -2.39. The molecule has 0 saturated heterocycles. The summed E-state index contributed by atoms with van der Waals surface area (Å²) in [6.45, 7) is 0. The van der Waals surface area contributed by atoms with E-state index in [-0.39, 0.29) is 12.1 Å². The van der Waals surface area contributed by atoms with Gasteiger partial charge >= 0.3 is 0 Å². The quantitative estimate of drug-likeness (QED) is 0.798. The smallest absolute Gasteiger partial charge is 0.146 e. The van der Waals surface area contributed by atoms with E-state index in [1.807, 2.05) is 6.07 Å². The van der Waals surface area contributed by atoms with Gasteiger partial charge in [0.2, 0.25) is 0 Å². The molecule has 2 rings (SSSR count). The van der Waals surface area contributed by atoms with Gasteiger partial charge in [-0.2, -0.15) is 5.26 Å². The van der Waals surface area contributed by atoms with E-state index in [4.69, 9.17) is 22.0 Å². The van der Waals surface area contributed by atoms with Crippen molar-refractivity contribution >= 4 is 17.4 Å². The van der Waals surface area contributed by atoms with E-state index in [0.717, 1.165) is 0 Å². The Morgan fingerprint density at radius 3 is 2.93 bits per heavy atom. The Hall–Kier alpha value is -1.31. The number of pyridine rings is 1. The first-order valence-electron chi connectivity index (χ1n) is 4.70. The molecule has 1 fully saturated rings. The van der Waals surface area contributed by atoms with Gasteiger partial charge in [-0.25, -0.2) is 4.98 Å². The number of aromatic nitrogens is 1. The third-order valence-corrected chi connectivity index (χ3v) is 2.85. The van der Waals surface area contributed by atoms with E-state index in [1.165, 1.54) is 0 Å². The summed E-state index contributed by atoms with van der Waals surface area (Å²) >= 11 is 5.96. The van der Waals surface area contributed by atoms with Gasteiger partial charge in [-0.15, -0.1) is 0 Å². The fraction of sp³-hybridized carbons (Fsp3) is 0.400. The second-order valence-corrected chi connectivity index (χ2v) is 3.98. The van der Waals surface area contributed by atoms with Crippen LogP contribution in [0, 0.1) is 11.3 Å². The highest BCUT2D eigenvalue weighted by molar-refractivity contribution is 6.34. The second-order valence-electron chi connectivity index (χ2n) is 3.60. The molecular weight excluding hydrogens is 214 g/mol. The van der Waals surface area contributed by atoms with Crippen LogP contribution in [0.25, 0.3) is 0 Å². The summed E-state index contributed by atoms with van der Waals surface area (Å²) in [5.74, 6) is 0.521. The Morgan fingerprint density at radius 2 is 2.33 bits per heavy atom. The topological polar surface area (TPSA) is 68.9 Å². The zero-order chi connectivity index (χ0) is 10.8. The molecular formula is C10H10ClN3O. The first kappa shape index (κ1) is 10.2. The molecule has 0 spiro atoms. The van der Waals surface area contributed by atoms with Crippen molar-refractivity contribution < 1.29 is 5.11 Å². The molecule has 1 aliphatic rings. The van der Waals surface area contributed by atoms with Crippen LogP contribution in [0.5, 0.6) is 0 Å². The van der Waals surface area contributed by atoms with Crippen LogP contribution in [0.1, 0.15) is 18.4 Å². The van der Waals surface area contributed by atoms with Crippen molar-refractivity contribution in [3.63, 3.8) is 0 Å². The molecule has 1 saturated carbocycles. The number of aliphatic hydroxyl groups is 1. The van der Waals surface area contributed by atoms with Gasteiger partial charge < -0.3 is 10.4 Å². The Bertz CT molecular complexity index is 410. The number of halogens is 1. The van der Waals surface area contributed by atoms with Gasteiger partial charge in [0.25, 0.3) is 0 Å². The van der Waals surface area contributed by atoms with Gasteiger partial charge in [0.1, 0.15) is 16.9 Å². The lowest BCUT2D eigenvalue weighted by Gasteiger charge is -2.32. The molecule has 0 bridgehead atoms. The number of nitrogens with zero attached hydrogens (tertiary/aromatic N) is 2. The molecule has 1 aliphatic carbocycles. The lowest BCUT2D eigenvalue weighted by molar-refractivity contribution is 0.0835. The summed E-state index contributed by atoms with van der Waals surface area (Å²) < 4.78 is 0. The molecule has 1 heterocycles. The van der Waals surface area contributed by atoms with Gasteiger partial charge in [-0.05, 0) is 18.9 Å². The monoisotopic (exact) mass is 223 g/mol. The fourth-order valence-corrected chi connectivity index (χ4v) is 1.74. The summed E-state index contributed by atoms with van der Waals surface area (Å²) in [4.78, 5) is 4.06. The number of aliphatic hydroxyl groups excluding tert-OH is 1. The molecule has 4 nitrogen and oxygen atoms in total. The van der Waals surface area contributed by atoms with E-state index < -0.39 is 0 Å². The molecule has 1 aromatic rings. The van der Waals surface area contributed by atoms with E-state index in [2.05, 4.69) is 10.3 Å². The van der Waals surface area contributed by atoms with Crippen LogP contribution in [0.4, 0.5) is 5.82 Å². The standard InChI is InChI=1S/C10H10ClN3O/c11-9-6(5-12)1-2-13-10(9)14-7-3-8(15)4-7/h1-2,7-8,15H,3-4H2,(H,13,14). The van der Waals surface area contributed by atoms with Crippen molar-refractivity contribution in [2.24, 2.45) is 0 Å². The van der Waals surface area contributed by atoms with Gasteiger partial charge in [-0.3, -0.25) is 0 Å². The largest absolute Gasteiger partial charge is 0.393 e. The zero-order valence-corrected chi connectivity index (χ0v) is 8.70. The van der Waals surface area contributed by atoms with Crippen molar-refractivity contribution in [3.05, 3.63) is 22.8 Å². The Labute approximate surface area is 92.5 Å². The minimum absolute atomic E-state index is 0.207. The average molecular weight is 224 g/mol. The summed E-state index contributed by atoms with van der Waals surface area (Å²) in [5.41, 5.74) is 0.411. The predicted octanol–water partition coefficient (Wildman–Crippen LogP) is 1.54. The molecule has 0 aliphatic heterocycles. The van der Waals surface area contributed by atoms with E-state index in [0.29, 0.717) is 29.2 Å². The molecule has 0 atom stereocenters. The summed E-state index contributed by atoms with van der Waals surface area (Å²) in [6.07, 6.45) is 2.73. The predicted molar refractivity (Wildman–Crippen MR) is 56.6 cm³/mol. The summed E-state index contributed by atoms with van der Waals surface area (Å²) in [6, 6.07) is 3.77. The number of rotatable bonds is 2. The molecule has 2 N–H and O–H groups in total. The van der Waals surface area contributed by atoms with E-state index in [1.54, 1.807) is 12.3 Å². The minimum Gasteiger partial charge on any atom is -0.393 e. The number of nitrogens with one attached hydrogen (secondary N) is 1. The maximum absolute atomic E-state index is 9.12. The third kappa shape index (κ3) is 2.04. The normalized spacial score (nSPS) is 24.1. The fourth-order valence-electron chi connectivity index (χ4n) is 1.53. The highest BCUT2D eigenvalue weighted by atomic mass is 35.5. The van der Waals surface area contributed by atoms with Crippen molar-refractivity contribution in [1.29, 1.82) is 5.26 Å². The summed E-state index contributed by atoms with van der Waals surface area (Å²) in [7, 11) is 0. The number of anilines is 1. The van der Waals surface area contributed by atoms with Crippen molar-refractivity contribution in [2.45, 2.75) is 25.0 Å². The van der Waals surface area contributed by atoms with Crippen LogP contribution < -0.4 is 5.32 Å². The molecule has 0 radical (unpaired) electrons. The van der Waals surface area contributed by atoms with Crippen LogP contribution in [0.2, 0.25) is 5.02 Å². The Morgan fingerprint density at radius 1 is 1.60 bits per heavy atom. The lowest BCUT2D eigenvalue weighted by atomic mass is 9.89. The molecule has 0 unspecified atom stereocenters. The van der Waals surface area contributed by atoms with Gasteiger partial charge in [0, 0.05) is 12.2 Å². The maximum atomic E-state index is 9.12. The molecule has 15 heavy (non-hydrogen) atoms. The zero-order valence-electron chi connectivity index (χ0n) is 7.94. The number of hydrogen-bond acceptors (Lipinski definition) is 4. The molecule has 78 valence electrons. The van der Waals surface area contributed by atoms with Crippen LogP contribution in [0.15, 0.2) is 12.3 Å². The van der Waals surface area contributed by atoms with Gasteiger partial charge in [-0.1, -0.05) is 11.6 Å². The van der Waals surface area contributed by atoms with E-state index >= 15 is 0 Å². The third-order valence-electron chi connectivity index (χ3n) is 2.46. The first-order chi connectivity index (χ1) is 7.20. The van der Waals surface area contributed by atoms with Crippen LogP contribution in [-0.2, 0) is 0 Å². The average Bonchev–Trinajstić information content (AvgIpc) is 2.18. The van der Waals surface area contributed by atoms with Crippen molar-refractivity contribution in [2.75, 3.05) is 5.32 Å². The summed E-state index contributed by atoms with van der Waals surface area (Å²) in [5, 5.41) is 21.3. The van der Waals surface area contributed by atoms with Crippen LogP contribution in [-0.4, -0.2) is 22.2 Å². The number of hydrogen-bond donors (Lipinski definition) is 2. The molecule has 1 aromatic heterocycles. The number of nitriles is 1. The Kier molecular flexibility index (Phi) is 2.76. The maximum Gasteiger partial charge on any atom is 0.146 e. The first-order valence-corrected chi connectivity index (χ1v) is 5.07. The molecule has 5 heteroatoms. The van der Waals surface area contributed by atoms with Crippen molar-refractivity contribution in [1.82, 2.24) is 4.98 Å². The van der Waals surface area contributed by atoms with Crippen molar-refractivity contribution in [3.8, 4) is 6.07 Å². The highest BCUT2D eigenvalue weighted by Gasteiger charge is 2.27. The van der Waals surface area contributed by atoms with Crippen LogP contribution >= 0.6 is 11.6 Å². The van der Waals surface area contributed by atoms with Gasteiger partial charge in [0.05, 0.1) is 11.7 Å².